The Kier molecular flexibility index (Phi) is 7.57. The minimum atomic E-state index is -0.443. The van der Waals surface area contributed by atoms with Crippen molar-refractivity contribution in [3.63, 3.8) is 0 Å². The van der Waals surface area contributed by atoms with E-state index in [1.54, 1.807) is 36.4 Å². The Balaban J connectivity index is 1.45. The van der Waals surface area contributed by atoms with Crippen molar-refractivity contribution in [2.75, 3.05) is 28.8 Å². The smallest absolute Gasteiger partial charge is 0.337 e. The lowest BCUT2D eigenvalue weighted by molar-refractivity contribution is -0.113. The van der Waals surface area contributed by atoms with Crippen LogP contribution in [0.25, 0.3) is 0 Å². The minimum absolute atomic E-state index is 0.114. The highest BCUT2D eigenvalue weighted by atomic mass is 32.2. The quantitative estimate of drug-likeness (QED) is 0.278. The van der Waals surface area contributed by atoms with Crippen molar-refractivity contribution >= 4 is 57.5 Å². The van der Waals surface area contributed by atoms with Gasteiger partial charge in [0.2, 0.25) is 11.0 Å². The molecular weight excluding hydrogens is 438 g/mol. The molecule has 0 aliphatic heterocycles. The van der Waals surface area contributed by atoms with E-state index in [2.05, 4.69) is 30.9 Å². The second kappa shape index (κ2) is 10.5. The van der Waals surface area contributed by atoms with Crippen LogP contribution in [-0.4, -0.2) is 41.0 Å². The van der Waals surface area contributed by atoms with Crippen LogP contribution in [0.1, 0.15) is 15.9 Å². The lowest BCUT2D eigenvalue weighted by Gasteiger charge is -2.05. The molecule has 2 aromatic carbocycles. The van der Waals surface area contributed by atoms with E-state index in [1.807, 2.05) is 19.1 Å². The Morgan fingerprint density at radius 2 is 1.58 bits per heavy atom. The summed E-state index contributed by atoms with van der Waals surface area (Å²) < 4.78 is 5.18. The van der Waals surface area contributed by atoms with Gasteiger partial charge >= 0.3 is 12.0 Å². The summed E-state index contributed by atoms with van der Waals surface area (Å²) in [6.45, 7) is 1.96. The average molecular weight is 458 g/mol. The molecule has 0 saturated carbocycles. The van der Waals surface area contributed by atoms with Crippen molar-refractivity contribution in [3.8, 4) is 0 Å². The van der Waals surface area contributed by atoms with Gasteiger partial charge < -0.3 is 15.4 Å². The highest BCUT2D eigenvalue weighted by Gasteiger charge is 2.11. The summed E-state index contributed by atoms with van der Waals surface area (Å²) in [6.07, 6.45) is 0. The van der Waals surface area contributed by atoms with Gasteiger partial charge in [0, 0.05) is 11.4 Å². The van der Waals surface area contributed by atoms with Gasteiger partial charge in [-0.05, 0) is 43.3 Å². The highest BCUT2D eigenvalue weighted by molar-refractivity contribution is 8.01. The predicted molar refractivity (Wildman–Crippen MR) is 121 cm³/mol. The van der Waals surface area contributed by atoms with Gasteiger partial charge in [-0.1, -0.05) is 40.8 Å². The molecule has 3 aromatic rings. The number of urea groups is 1. The van der Waals surface area contributed by atoms with Crippen LogP contribution in [-0.2, 0) is 9.53 Å². The van der Waals surface area contributed by atoms with Crippen LogP contribution in [0.4, 0.5) is 21.3 Å². The normalized spacial score (nSPS) is 10.3. The fraction of sp³-hybridized carbons (Fsp3) is 0.150. The molecule has 0 bridgehead atoms. The SMILES string of the molecule is COC(=O)c1ccc(NC(=O)CSc2nnc(NC(=O)Nc3ccc(C)cc3)s2)cc1. The van der Waals surface area contributed by atoms with Gasteiger partial charge in [0.15, 0.2) is 4.34 Å². The average Bonchev–Trinajstić information content (AvgIpc) is 3.21. The predicted octanol–water partition coefficient (Wildman–Crippen LogP) is 4.01. The molecule has 1 aromatic heterocycles. The second-order valence-corrected chi connectivity index (χ2v) is 8.42. The van der Waals surface area contributed by atoms with Crippen LogP contribution in [0.3, 0.4) is 0 Å². The van der Waals surface area contributed by atoms with Crippen molar-refractivity contribution in [2.45, 2.75) is 11.3 Å². The third-order valence-electron chi connectivity index (χ3n) is 3.85. The first-order chi connectivity index (χ1) is 14.9. The van der Waals surface area contributed by atoms with Gasteiger partial charge in [-0.15, -0.1) is 10.2 Å². The fourth-order valence-corrected chi connectivity index (χ4v) is 3.89. The maximum atomic E-state index is 12.1. The molecule has 160 valence electrons. The number of esters is 1. The number of methoxy groups -OCH3 is 1. The Labute approximate surface area is 186 Å². The number of thioether (sulfide) groups is 1. The van der Waals surface area contributed by atoms with Crippen LogP contribution in [0.15, 0.2) is 52.9 Å². The number of hydrogen-bond donors (Lipinski definition) is 3. The zero-order valence-electron chi connectivity index (χ0n) is 16.7. The molecule has 3 amide bonds. The van der Waals surface area contributed by atoms with Crippen molar-refractivity contribution in [2.24, 2.45) is 0 Å². The number of rotatable bonds is 7. The van der Waals surface area contributed by atoms with Crippen LogP contribution >= 0.6 is 23.1 Å². The van der Waals surface area contributed by atoms with Crippen LogP contribution < -0.4 is 16.0 Å². The van der Waals surface area contributed by atoms with E-state index in [-0.39, 0.29) is 11.7 Å². The largest absolute Gasteiger partial charge is 0.465 e. The third-order valence-corrected chi connectivity index (χ3v) is 5.82. The number of nitrogens with one attached hydrogen (secondary N) is 3. The fourth-order valence-electron chi connectivity index (χ4n) is 2.35. The van der Waals surface area contributed by atoms with Crippen molar-refractivity contribution in [3.05, 3.63) is 59.7 Å². The Hall–Kier alpha value is -3.44. The van der Waals surface area contributed by atoms with Gasteiger partial charge in [0.1, 0.15) is 0 Å². The number of benzene rings is 2. The Morgan fingerprint density at radius 1 is 0.935 bits per heavy atom. The Morgan fingerprint density at radius 3 is 2.26 bits per heavy atom. The van der Waals surface area contributed by atoms with Crippen LogP contribution in [0.2, 0.25) is 0 Å². The third kappa shape index (κ3) is 6.79. The molecule has 0 radical (unpaired) electrons. The molecule has 3 N–H and O–H groups in total. The Bertz CT molecular complexity index is 1070. The number of aromatic nitrogens is 2. The van der Waals surface area contributed by atoms with Gasteiger partial charge in [0.25, 0.3) is 0 Å². The molecule has 0 atom stereocenters. The summed E-state index contributed by atoms with van der Waals surface area (Å²) in [5, 5.41) is 16.3. The molecule has 0 unspecified atom stereocenters. The molecule has 0 aliphatic rings. The molecule has 0 saturated heterocycles. The van der Waals surface area contributed by atoms with Gasteiger partial charge in [-0.2, -0.15) is 0 Å². The topological polar surface area (TPSA) is 122 Å². The number of nitrogens with zero attached hydrogens (tertiary/aromatic N) is 2. The maximum Gasteiger partial charge on any atom is 0.337 e. The molecule has 11 heteroatoms. The number of ether oxygens (including phenoxy) is 1. The minimum Gasteiger partial charge on any atom is -0.465 e. The number of anilines is 3. The van der Waals surface area contributed by atoms with E-state index in [0.717, 1.165) is 5.56 Å². The van der Waals surface area contributed by atoms with Crippen molar-refractivity contribution in [1.29, 1.82) is 0 Å². The van der Waals surface area contributed by atoms with Crippen molar-refractivity contribution < 1.29 is 19.1 Å². The second-order valence-electron chi connectivity index (χ2n) is 6.22. The lowest BCUT2D eigenvalue weighted by Crippen LogP contribution is -2.19. The molecule has 1 heterocycles. The summed E-state index contributed by atoms with van der Waals surface area (Å²) in [4.78, 5) is 35.6. The van der Waals surface area contributed by atoms with E-state index >= 15 is 0 Å². The first kappa shape index (κ1) is 22.2. The summed E-state index contributed by atoms with van der Waals surface area (Å²) in [5.41, 5.74) is 2.72. The monoisotopic (exact) mass is 457 g/mol. The molecule has 0 spiro atoms. The van der Waals surface area contributed by atoms with E-state index in [9.17, 15) is 14.4 Å². The number of hydrogen-bond acceptors (Lipinski definition) is 8. The molecule has 3 rings (SSSR count). The summed E-state index contributed by atoms with van der Waals surface area (Å²) in [7, 11) is 1.31. The van der Waals surface area contributed by atoms with E-state index < -0.39 is 12.0 Å². The highest BCUT2D eigenvalue weighted by Crippen LogP contribution is 2.25. The van der Waals surface area contributed by atoms with Gasteiger partial charge in [-0.3, -0.25) is 10.1 Å². The first-order valence-electron chi connectivity index (χ1n) is 9.02. The standard InChI is InChI=1S/C20H19N5O4S2/c1-12-3-7-15(8-4-12)22-18(28)23-19-24-25-20(31-19)30-11-16(26)21-14-9-5-13(6-10-14)17(27)29-2/h3-10H,11H2,1-2H3,(H,21,26)(H2,22,23,24,28). The summed E-state index contributed by atoms with van der Waals surface area (Å²) in [5.74, 6) is -0.567. The number of amides is 3. The van der Waals surface area contributed by atoms with Crippen LogP contribution in [0.5, 0.6) is 0 Å². The number of carbonyl (C=O) groups excluding carboxylic acids is 3. The number of carbonyl (C=O) groups is 3. The van der Waals surface area contributed by atoms with E-state index in [1.165, 1.54) is 30.2 Å². The van der Waals surface area contributed by atoms with Crippen LogP contribution in [0, 0.1) is 6.92 Å². The molecular formula is C20H19N5O4S2. The van der Waals surface area contributed by atoms with Crippen molar-refractivity contribution in [1.82, 2.24) is 10.2 Å². The molecule has 0 aliphatic carbocycles. The lowest BCUT2D eigenvalue weighted by atomic mass is 10.2. The zero-order chi connectivity index (χ0) is 22.2. The maximum absolute atomic E-state index is 12.1. The molecule has 31 heavy (non-hydrogen) atoms. The van der Waals surface area contributed by atoms with Gasteiger partial charge in [-0.25, -0.2) is 9.59 Å². The molecule has 0 fully saturated rings. The van der Waals surface area contributed by atoms with Gasteiger partial charge in [0.05, 0.1) is 18.4 Å². The van der Waals surface area contributed by atoms with E-state index in [4.69, 9.17) is 0 Å². The zero-order valence-corrected chi connectivity index (χ0v) is 18.3. The van der Waals surface area contributed by atoms with E-state index in [0.29, 0.717) is 26.4 Å². The summed E-state index contributed by atoms with van der Waals surface area (Å²) >= 11 is 2.37. The summed E-state index contributed by atoms with van der Waals surface area (Å²) in [6, 6.07) is 13.3. The molecule has 9 nitrogen and oxygen atoms in total. The number of aryl methyl sites for hydroxylation is 1. The first-order valence-corrected chi connectivity index (χ1v) is 10.8.